The summed E-state index contributed by atoms with van der Waals surface area (Å²) in [7, 11) is 0. The van der Waals surface area contributed by atoms with Gasteiger partial charge in [-0.2, -0.15) is 0 Å². The molecule has 0 aliphatic heterocycles. The number of hydrogen-bond donors (Lipinski definition) is 1. The Bertz CT molecular complexity index is 982. The Morgan fingerprint density at radius 2 is 2.00 bits per heavy atom. The highest BCUT2D eigenvalue weighted by Gasteiger charge is 2.33. The van der Waals surface area contributed by atoms with Gasteiger partial charge in [-0.25, -0.2) is 4.79 Å². The predicted molar refractivity (Wildman–Crippen MR) is 96.2 cm³/mol. The normalized spacial score (nSPS) is 12.2. The molecule has 3 heterocycles. The predicted octanol–water partition coefficient (Wildman–Crippen LogP) is 3.84. The lowest BCUT2D eigenvalue weighted by atomic mass is 9.92. The van der Waals surface area contributed by atoms with Gasteiger partial charge in [-0.05, 0) is 48.6 Å². The smallest absolute Gasteiger partial charge is 0.372 e. The van der Waals surface area contributed by atoms with Gasteiger partial charge >= 0.3 is 5.97 Å². The van der Waals surface area contributed by atoms with Crippen LogP contribution in [0.15, 0.2) is 41.9 Å². The maximum atomic E-state index is 13.1. The quantitative estimate of drug-likeness (QED) is 0.414. The van der Waals surface area contributed by atoms with Crippen LogP contribution in [0.2, 0.25) is 0 Å². The molecule has 0 fully saturated rings. The summed E-state index contributed by atoms with van der Waals surface area (Å²) < 4.78 is 1.73. The van der Waals surface area contributed by atoms with Crippen molar-refractivity contribution in [1.82, 2.24) is 4.40 Å². The largest absolute Gasteiger partial charge is 0.475 e. The first-order valence-corrected chi connectivity index (χ1v) is 8.79. The van der Waals surface area contributed by atoms with E-state index < -0.39 is 23.5 Å². The summed E-state index contributed by atoms with van der Waals surface area (Å²) >= 11 is 1.52. The van der Waals surface area contributed by atoms with Crippen LogP contribution < -0.4 is 0 Å². The lowest BCUT2D eigenvalue weighted by molar-refractivity contribution is -0.150. The van der Waals surface area contributed by atoms with Gasteiger partial charge < -0.3 is 9.51 Å². The van der Waals surface area contributed by atoms with Crippen molar-refractivity contribution in [2.24, 2.45) is 5.92 Å². The van der Waals surface area contributed by atoms with Gasteiger partial charge in [0.15, 0.2) is 5.78 Å². The van der Waals surface area contributed by atoms with E-state index in [-0.39, 0.29) is 6.42 Å². The molecule has 0 bridgehead atoms. The van der Waals surface area contributed by atoms with Gasteiger partial charge in [-0.15, -0.1) is 11.3 Å². The number of aliphatic carboxylic acids is 1. The number of Topliss-reactive ketones (excluding diaryl/α,β-unsaturated/α-hetero) is 2. The van der Waals surface area contributed by atoms with Crippen molar-refractivity contribution in [1.29, 1.82) is 0 Å². The van der Waals surface area contributed by atoms with Gasteiger partial charge in [0, 0.05) is 22.2 Å². The van der Waals surface area contributed by atoms with E-state index >= 15 is 0 Å². The van der Waals surface area contributed by atoms with Crippen molar-refractivity contribution in [3.8, 4) is 10.4 Å². The fourth-order valence-electron chi connectivity index (χ4n) is 2.94. The summed E-state index contributed by atoms with van der Waals surface area (Å²) in [6.07, 6.45) is 1.90. The first-order chi connectivity index (χ1) is 11.9. The van der Waals surface area contributed by atoms with Crippen LogP contribution in [-0.2, 0) is 9.59 Å². The Labute approximate surface area is 148 Å². The highest BCUT2D eigenvalue weighted by Crippen LogP contribution is 2.34. The van der Waals surface area contributed by atoms with Gasteiger partial charge in [0.05, 0.1) is 11.6 Å². The lowest BCUT2D eigenvalue weighted by Gasteiger charge is -2.12. The minimum absolute atomic E-state index is 0.146. The molecule has 1 unspecified atom stereocenters. The molecular weight excluding hydrogens is 338 g/mol. The number of hydrogen-bond acceptors (Lipinski definition) is 4. The molecule has 6 heteroatoms. The molecule has 128 valence electrons. The molecule has 0 radical (unpaired) electrons. The molecule has 0 amide bonds. The van der Waals surface area contributed by atoms with Crippen molar-refractivity contribution in [3.05, 3.63) is 53.2 Å². The number of carboxylic acids is 1. The summed E-state index contributed by atoms with van der Waals surface area (Å²) in [5.41, 5.74) is 3.00. The zero-order valence-corrected chi connectivity index (χ0v) is 14.7. The second-order valence-electron chi connectivity index (χ2n) is 5.88. The Balaban J connectivity index is 2.21. The number of carbonyl (C=O) groups is 3. The highest BCUT2D eigenvalue weighted by molar-refractivity contribution is 7.13. The molecule has 3 aromatic heterocycles. The summed E-state index contributed by atoms with van der Waals surface area (Å²) in [6, 6.07) is 9.42. The van der Waals surface area contributed by atoms with Crippen molar-refractivity contribution in [2.75, 3.05) is 0 Å². The Kier molecular flexibility index (Phi) is 4.55. The monoisotopic (exact) mass is 355 g/mol. The second-order valence-corrected chi connectivity index (χ2v) is 6.80. The Morgan fingerprint density at radius 1 is 1.24 bits per heavy atom. The third-order valence-corrected chi connectivity index (χ3v) is 5.24. The molecule has 5 nitrogen and oxygen atoms in total. The van der Waals surface area contributed by atoms with Crippen molar-refractivity contribution in [2.45, 2.75) is 20.3 Å². The Hall–Kier alpha value is -2.73. The van der Waals surface area contributed by atoms with Crippen LogP contribution in [0.4, 0.5) is 0 Å². The average molecular weight is 355 g/mol. The minimum atomic E-state index is -1.57. The molecule has 0 saturated carbocycles. The van der Waals surface area contributed by atoms with Gasteiger partial charge in [-0.1, -0.05) is 13.0 Å². The number of ketones is 2. The van der Waals surface area contributed by atoms with Crippen molar-refractivity contribution in [3.63, 3.8) is 0 Å². The third kappa shape index (κ3) is 3.00. The zero-order chi connectivity index (χ0) is 18.1. The SMILES string of the molecule is CCC(C(=O)C(=O)O)C(=O)c1c(-c2cc(C)cs2)cc2ccccn12. The molecule has 3 rings (SSSR count). The van der Waals surface area contributed by atoms with E-state index in [9.17, 15) is 14.4 Å². The van der Waals surface area contributed by atoms with E-state index in [1.807, 2.05) is 36.6 Å². The number of carboxylic acid groups (broad SMARTS) is 1. The van der Waals surface area contributed by atoms with E-state index in [2.05, 4.69) is 0 Å². The summed E-state index contributed by atoms with van der Waals surface area (Å²) in [5.74, 6) is -4.28. The second kappa shape index (κ2) is 6.64. The van der Waals surface area contributed by atoms with Crippen LogP contribution in [0.25, 0.3) is 16.0 Å². The van der Waals surface area contributed by atoms with E-state index in [0.717, 1.165) is 21.5 Å². The van der Waals surface area contributed by atoms with E-state index in [1.165, 1.54) is 11.3 Å². The number of aryl methyl sites for hydroxylation is 1. The standard InChI is InChI=1S/C19H17NO4S/c1-3-13(18(22)19(23)24)17(21)16-14(15-8-11(2)10-25-15)9-12-6-4-5-7-20(12)16/h4-10,13H,3H2,1-2H3,(H,23,24). The highest BCUT2D eigenvalue weighted by atomic mass is 32.1. The van der Waals surface area contributed by atoms with Crippen LogP contribution in [0.5, 0.6) is 0 Å². The van der Waals surface area contributed by atoms with E-state index in [0.29, 0.717) is 5.69 Å². The molecule has 0 saturated heterocycles. The van der Waals surface area contributed by atoms with E-state index in [1.54, 1.807) is 23.6 Å². The van der Waals surface area contributed by atoms with Gasteiger partial charge in [-0.3, -0.25) is 9.59 Å². The molecule has 0 aromatic carbocycles. The van der Waals surface area contributed by atoms with Crippen LogP contribution in [0.3, 0.4) is 0 Å². The first kappa shape index (κ1) is 17.1. The number of fused-ring (bicyclic) bond motifs is 1. The van der Waals surface area contributed by atoms with Gasteiger partial charge in [0.25, 0.3) is 5.78 Å². The average Bonchev–Trinajstić information content (AvgIpc) is 3.18. The fourth-order valence-corrected chi connectivity index (χ4v) is 3.86. The molecule has 0 spiro atoms. The minimum Gasteiger partial charge on any atom is -0.475 e. The molecule has 1 N–H and O–H groups in total. The number of rotatable bonds is 6. The maximum Gasteiger partial charge on any atom is 0.372 e. The molecule has 25 heavy (non-hydrogen) atoms. The molecule has 3 aromatic rings. The zero-order valence-electron chi connectivity index (χ0n) is 13.9. The topological polar surface area (TPSA) is 75.8 Å². The number of nitrogens with zero attached hydrogens (tertiary/aromatic N) is 1. The number of carbonyl (C=O) groups excluding carboxylic acids is 2. The summed E-state index contributed by atoms with van der Waals surface area (Å²) in [6.45, 7) is 3.62. The third-order valence-electron chi connectivity index (χ3n) is 4.16. The van der Waals surface area contributed by atoms with Crippen LogP contribution in [0, 0.1) is 12.8 Å². The van der Waals surface area contributed by atoms with Crippen LogP contribution in [0.1, 0.15) is 29.4 Å². The van der Waals surface area contributed by atoms with Gasteiger partial charge in [0.2, 0.25) is 0 Å². The lowest BCUT2D eigenvalue weighted by Crippen LogP contribution is -2.30. The van der Waals surface area contributed by atoms with Gasteiger partial charge in [0.1, 0.15) is 0 Å². The van der Waals surface area contributed by atoms with Crippen LogP contribution in [-0.4, -0.2) is 27.0 Å². The first-order valence-electron chi connectivity index (χ1n) is 7.91. The van der Waals surface area contributed by atoms with E-state index in [4.69, 9.17) is 5.11 Å². The molecular formula is C19H17NO4S. The fraction of sp³-hybridized carbons (Fsp3) is 0.211. The molecule has 1 atom stereocenters. The molecule has 0 aliphatic rings. The maximum absolute atomic E-state index is 13.1. The Morgan fingerprint density at radius 3 is 2.60 bits per heavy atom. The van der Waals surface area contributed by atoms with Crippen molar-refractivity contribution < 1.29 is 19.5 Å². The number of pyridine rings is 1. The van der Waals surface area contributed by atoms with Crippen LogP contribution >= 0.6 is 11.3 Å². The number of aromatic nitrogens is 1. The molecule has 0 aliphatic carbocycles. The summed E-state index contributed by atoms with van der Waals surface area (Å²) in [4.78, 5) is 37.1. The van der Waals surface area contributed by atoms with Crippen molar-refractivity contribution >= 4 is 34.4 Å². The summed E-state index contributed by atoms with van der Waals surface area (Å²) in [5, 5.41) is 11.0. The number of thiophene rings is 1.